The van der Waals surface area contributed by atoms with E-state index in [9.17, 15) is 13.6 Å². The normalized spacial score (nSPS) is 10.7. The van der Waals surface area contributed by atoms with Crippen molar-refractivity contribution < 1.29 is 23.4 Å². The summed E-state index contributed by atoms with van der Waals surface area (Å²) in [5, 5.41) is 8.91. The van der Waals surface area contributed by atoms with E-state index in [1.807, 2.05) is 0 Å². The van der Waals surface area contributed by atoms with Crippen molar-refractivity contribution >= 4 is 11.4 Å². The molecule has 0 fully saturated rings. The summed E-state index contributed by atoms with van der Waals surface area (Å²) in [6, 6.07) is 6.92. The monoisotopic (exact) mass is 376 g/mol. The molecule has 0 bridgehead atoms. The third-order valence-electron chi connectivity index (χ3n) is 4.05. The van der Waals surface area contributed by atoms with E-state index in [0.717, 1.165) is 0 Å². The Morgan fingerprint density at radius 1 is 1.22 bits per heavy atom. The van der Waals surface area contributed by atoms with Crippen molar-refractivity contribution in [2.45, 2.75) is 33.8 Å². The second kappa shape index (κ2) is 8.73. The zero-order chi connectivity index (χ0) is 18.7. The maximum atomic E-state index is 13.8. The second-order valence-corrected chi connectivity index (χ2v) is 5.85. The van der Waals surface area contributed by atoms with Crippen LogP contribution in [-0.4, -0.2) is 26.9 Å². The van der Waals surface area contributed by atoms with Crippen molar-refractivity contribution in [1.29, 1.82) is 0 Å². The summed E-state index contributed by atoms with van der Waals surface area (Å²) in [5.41, 5.74) is 1.17. The number of Topliss-reactive ketones (excluding diaryl/α,β-unsaturated/α-hetero) is 1. The number of benzene rings is 1. The smallest absolute Gasteiger partial charge is 0.181 e. The summed E-state index contributed by atoms with van der Waals surface area (Å²) in [6.07, 6.45) is 2.25. The van der Waals surface area contributed by atoms with E-state index in [2.05, 4.69) is 4.98 Å². The minimum atomic E-state index is -0.684. The number of rotatable bonds is 7. The first-order valence-electron chi connectivity index (χ1n) is 8.20. The number of imidazole rings is 1. The zero-order valence-corrected chi connectivity index (χ0v) is 14.2. The molecule has 0 saturated heterocycles. The van der Waals surface area contributed by atoms with Gasteiger partial charge in [-0.25, -0.2) is 13.8 Å². The number of fused-ring (bicyclic) bond motifs is 1. The Morgan fingerprint density at radius 3 is 2.59 bits per heavy atom. The van der Waals surface area contributed by atoms with Gasteiger partial charge in [-0.3, -0.25) is 9.20 Å². The van der Waals surface area contributed by atoms with E-state index in [1.54, 1.807) is 29.7 Å². The van der Waals surface area contributed by atoms with Gasteiger partial charge in [0.25, 0.3) is 0 Å². The van der Waals surface area contributed by atoms with E-state index in [0.29, 0.717) is 29.2 Å². The summed E-state index contributed by atoms with van der Waals surface area (Å²) >= 11 is 0. The first-order valence-corrected chi connectivity index (χ1v) is 8.20. The molecule has 1 aromatic carbocycles. The molecule has 27 heavy (non-hydrogen) atoms. The Labute approximate surface area is 156 Å². The number of carbonyl (C=O) groups excluding carboxylic acids is 1. The number of aromatic nitrogens is 2. The average molecular weight is 376 g/mol. The highest BCUT2D eigenvalue weighted by Gasteiger charge is 2.19. The molecule has 2 heterocycles. The molecule has 0 aliphatic carbocycles. The number of aliphatic hydroxyl groups is 1. The molecule has 144 valence electrons. The lowest BCUT2D eigenvalue weighted by Gasteiger charge is -2.09. The molecule has 0 aliphatic rings. The van der Waals surface area contributed by atoms with Crippen molar-refractivity contribution in [2.24, 2.45) is 0 Å². The van der Waals surface area contributed by atoms with Crippen molar-refractivity contribution in [3.8, 4) is 5.75 Å². The van der Waals surface area contributed by atoms with Crippen LogP contribution in [0.4, 0.5) is 8.78 Å². The number of hydrogen-bond donors (Lipinski definition) is 1. The lowest BCUT2D eigenvalue weighted by atomic mass is 10.1. The summed E-state index contributed by atoms with van der Waals surface area (Å²) in [5.74, 6) is -1.19. The molecule has 2 aromatic heterocycles. The Kier molecular flexibility index (Phi) is 6.63. The average Bonchev–Trinajstić information content (AvgIpc) is 2.96. The minimum Gasteiger partial charge on any atom is -0.485 e. The molecule has 5 nitrogen and oxygen atoms in total. The molecule has 0 radical (unpaired) electrons. The quantitative estimate of drug-likeness (QED) is 0.631. The summed E-state index contributed by atoms with van der Waals surface area (Å²) < 4.78 is 34.7. The number of carbonyl (C=O) groups is 1. The molecule has 3 rings (SSSR count). The lowest BCUT2D eigenvalue weighted by molar-refractivity contribution is 0.0965. The second-order valence-electron chi connectivity index (χ2n) is 5.85. The third-order valence-corrected chi connectivity index (χ3v) is 4.05. The fourth-order valence-corrected chi connectivity index (χ4v) is 2.78. The highest BCUT2D eigenvalue weighted by Crippen LogP contribution is 2.25. The minimum absolute atomic E-state index is 0. The maximum absolute atomic E-state index is 13.8. The van der Waals surface area contributed by atoms with Gasteiger partial charge in [0.15, 0.2) is 17.2 Å². The van der Waals surface area contributed by atoms with Crippen LogP contribution < -0.4 is 4.74 Å². The van der Waals surface area contributed by atoms with Crippen LogP contribution >= 0.6 is 0 Å². The van der Waals surface area contributed by atoms with Crippen molar-refractivity contribution in [3.05, 3.63) is 65.1 Å². The highest BCUT2D eigenvalue weighted by atomic mass is 19.1. The van der Waals surface area contributed by atoms with Gasteiger partial charge < -0.3 is 9.84 Å². The first-order chi connectivity index (χ1) is 12.5. The maximum Gasteiger partial charge on any atom is 0.181 e. The molecule has 0 aliphatic heterocycles. The molecule has 0 spiro atoms. The van der Waals surface area contributed by atoms with Crippen LogP contribution in [0, 0.1) is 18.6 Å². The molecular formula is C20H22F2N2O3. The number of halogens is 2. The number of ether oxygens (including phenoxy) is 1. The summed E-state index contributed by atoms with van der Waals surface area (Å²) in [4.78, 5) is 16.7. The summed E-state index contributed by atoms with van der Waals surface area (Å²) in [6.45, 7) is 1.35. The van der Waals surface area contributed by atoms with E-state index in [-0.39, 0.29) is 38.4 Å². The van der Waals surface area contributed by atoms with E-state index in [1.165, 1.54) is 18.2 Å². The number of nitrogens with zero attached hydrogens (tertiary/aromatic N) is 2. The summed E-state index contributed by atoms with van der Waals surface area (Å²) in [7, 11) is 0. The number of aryl methyl sites for hydroxylation is 1. The molecule has 0 saturated carbocycles. The molecule has 7 heteroatoms. The fraction of sp³-hybridized carbons (Fsp3) is 0.300. The standard InChI is InChI=1S/C19H18F2N2O3.CH4/c1-12-18(16(25)7-4-10-24)23-9-3-8-17(19(23)22-12)26-11-13-14(20)5-2-6-15(13)21;/h2-3,5-6,8-9,24H,4,7,10-11H2,1H3;1H4. The molecule has 3 aromatic rings. The van der Waals surface area contributed by atoms with E-state index < -0.39 is 11.6 Å². The largest absolute Gasteiger partial charge is 0.485 e. The van der Waals surface area contributed by atoms with Crippen LogP contribution in [0.25, 0.3) is 5.65 Å². The van der Waals surface area contributed by atoms with Gasteiger partial charge in [-0.2, -0.15) is 0 Å². The Bertz CT molecular complexity index is 934. The molecule has 1 N–H and O–H groups in total. The molecule has 0 unspecified atom stereocenters. The first kappa shape index (κ1) is 20.5. The van der Waals surface area contributed by atoms with Crippen LogP contribution in [0.5, 0.6) is 5.75 Å². The highest BCUT2D eigenvalue weighted by molar-refractivity contribution is 5.96. The van der Waals surface area contributed by atoms with Gasteiger partial charge in [-0.05, 0) is 37.6 Å². The van der Waals surface area contributed by atoms with Gasteiger partial charge in [-0.15, -0.1) is 0 Å². The van der Waals surface area contributed by atoms with Crippen molar-refractivity contribution in [3.63, 3.8) is 0 Å². The van der Waals surface area contributed by atoms with E-state index >= 15 is 0 Å². The van der Waals surface area contributed by atoms with Gasteiger partial charge in [0.05, 0.1) is 11.3 Å². The lowest BCUT2D eigenvalue weighted by Crippen LogP contribution is -2.07. The number of hydrogen-bond acceptors (Lipinski definition) is 4. The Balaban J connectivity index is 0.00000261. The molecule has 0 amide bonds. The van der Waals surface area contributed by atoms with Crippen molar-refractivity contribution in [2.75, 3.05) is 6.61 Å². The number of aliphatic hydroxyl groups excluding tert-OH is 1. The van der Waals surface area contributed by atoms with Crippen LogP contribution in [0.15, 0.2) is 36.5 Å². The Hall–Kier alpha value is -2.80. The zero-order valence-electron chi connectivity index (χ0n) is 14.2. The van der Waals surface area contributed by atoms with Crippen LogP contribution in [0.1, 0.15) is 42.0 Å². The number of ketones is 1. The van der Waals surface area contributed by atoms with Gasteiger partial charge in [0, 0.05) is 19.2 Å². The van der Waals surface area contributed by atoms with Crippen LogP contribution in [0.3, 0.4) is 0 Å². The van der Waals surface area contributed by atoms with Gasteiger partial charge in [0.2, 0.25) is 0 Å². The van der Waals surface area contributed by atoms with Crippen molar-refractivity contribution in [1.82, 2.24) is 9.38 Å². The fourth-order valence-electron chi connectivity index (χ4n) is 2.78. The van der Waals surface area contributed by atoms with Gasteiger partial charge >= 0.3 is 0 Å². The predicted octanol–water partition coefficient (Wildman–Crippen LogP) is 4.09. The topological polar surface area (TPSA) is 63.8 Å². The van der Waals surface area contributed by atoms with Crippen LogP contribution in [-0.2, 0) is 6.61 Å². The molecule has 0 atom stereocenters. The van der Waals surface area contributed by atoms with Gasteiger partial charge in [0.1, 0.15) is 23.9 Å². The third kappa shape index (κ3) is 4.14. The Morgan fingerprint density at radius 2 is 1.93 bits per heavy atom. The van der Waals surface area contributed by atoms with E-state index in [4.69, 9.17) is 9.84 Å². The SMILES string of the molecule is C.Cc1nc2c(OCc3c(F)cccc3F)cccn2c1C(=O)CCCO. The predicted molar refractivity (Wildman–Crippen MR) is 98.0 cm³/mol. The van der Waals surface area contributed by atoms with Crippen LogP contribution in [0.2, 0.25) is 0 Å². The van der Waals surface area contributed by atoms with Gasteiger partial charge in [-0.1, -0.05) is 13.5 Å². The number of pyridine rings is 1. The molecular weight excluding hydrogens is 354 g/mol.